The fraction of sp³-hybridized carbons (Fsp3) is 0.314. The Bertz CT molecular complexity index is 4950. The SMILES string of the molecule is CCC(N)=NC(=S)NS(=O)(=O)c1ccc(N2CCN(C(=O)[C@@H](C)N3CCCc4cc(Cl)ccc43)CC2)cc1.O=C(CCn1ccc2ccc(Cl)cc21)NC1CCN(c2ccc(S(=O)(=O)Nc3ncns3)cc2)CC1.O=C(c1ccc(Cl)cc1Cl)N1CCN(c2ccc(S(=O)(=O)Nc3nccs3)cc2)CC1.[HH].[HH].[HH].[HH]. The number of piperidine rings is 1. The largest absolute Gasteiger partial charge is 0.387 e. The molecule has 0 aliphatic carbocycles. The Kier molecular flexibility index (Phi) is 25.8. The van der Waals surface area contributed by atoms with Crippen LogP contribution in [0.1, 0.15) is 67.6 Å². The summed E-state index contributed by atoms with van der Waals surface area (Å²) in [5.41, 5.74) is 12.1. The number of nitrogens with zero attached hydrogens (tertiary/aromatic N) is 11. The van der Waals surface area contributed by atoms with Gasteiger partial charge in [0.05, 0.1) is 25.3 Å². The van der Waals surface area contributed by atoms with Gasteiger partial charge in [-0.2, -0.15) is 4.37 Å². The first-order valence-corrected chi connectivity index (χ1v) is 41.6. The Labute approximate surface area is 649 Å². The highest BCUT2D eigenvalue weighted by atomic mass is 35.5. The minimum Gasteiger partial charge on any atom is -0.387 e. The number of sulfonamides is 3. The van der Waals surface area contributed by atoms with Crippen LogP contribution < -0.4 is 44.8 Å². The lowest BCUT2D eigenvalue weighted by Crippen LogP contribution is -2.55. The highest BCUT2D eigenvalue weighted by Gasteiger charge is 2.33. The van der Waals surface area contributed by atoms with Crippen molar-refractivity contribution in [3.63, 3.8) is 0 Å². The van der Waals surface area contributed by atoms with Crippen LogP contribution in [0.4, 0.5) is 33.0 Å². The number of thiocarbonyl (C=S) groups is 1. The van der Waals surface area contributed by atoms with E-state index in [1.807, 2.05) is 60.5 Å². The number of benzene rings is 6. The molecule has 0 bridgehead atoms. The molecule has 3 amide bonds. The van der Waals surface area contributed by atoms with Gasteiger partial charge in [0.1, 0.15) is 18.2 Å². The summed E-state index contributed by atoms with van der Waals surface area (Å²) in [5, 5.41) is 8.55. The second-order valence-electron chi connectivity index (χ2n) is 24.9. The van der Waals surface area contributed by atoms with Crippen molar-refractivity contribution in [1.29, 1.82) is 0 Å². The number of nitrogens with one attached hydrogen (secondary N) is 4. The average molecular weight is 1630 g/mol. The number of carbonyl (C=O) groups is 3. The average Bonchev–Trinajstić information content (AvgIpc) is 1.80. The van der Waals surface area contributed by atoms with E-state index in [0.29, 0.717) is 97.5 Å². The Morgan fingerprint density at radius 1 is 0.657 bits per heavy atom. The Morgan fingerprint density at radius 3 is 1.78 bits per heavy atom. The number of carbonyl (C=O) groups excluding carboxylic acids is 3. The molecule has 3 aromatic heterocycles. The molecule has 6 aromatic carbocycles. The molecule has 25 nitrogen and oxygen atoms in total. The van der Waals surface area contributed by atoms with Gasteiger partial charge in [-0.25, -0.2) is 40.2 Å². The third-order valence-corrected chi connectivity index (χ3v) is 25.1. The fourth-order valence-corrected chi connectivity index (χ4v) is 18.1. The maximum atomic E-state index is 13.4. The minimum absolute atomic E-state index is 0. The molecule has 13 rings (SSSR count). The van der Waals surface area contributed by atoms with Crippen LogP contribution >= 0.6 is 81.5 Å². The summed E-state index contributed by atoms with van der Waals surface area (Å²) < 4.78 is 88.2. The highest BCUT2D eigenvalue weighted by molar-refractivity contribution is 7.93. The molecule has 105 heavy (non-hydrogen) atoms. The number of thiazole rings is 1. The van der Waals surface area contributed by atoms with Gasteiger partial charge in [0.25, 0.3) is 36.0 Å². The van der Waals surface area contributed by atoms with Crippen LogP contribution in [-0.4, -0.2) is 167 Å². The molecule has 7 heterocycles. The van der Waals surface area contributed by atoms with E-state index >= 15 is 0 Å². The number of piperazine rings is 2. The van der Waals surface area contributed by atoms with Crippen molar-refractivity contribution < 1.29 is 45.3 Å². The molecule has 562 valence electrons. The molecule has 9 aromatic rings. The van der Waals surface area contributed by atoms with E-state index in [9.17, 15) is 39.6 Å². The summed E-state index contributed by atoms with van der Waals surface area (Å²) in [6.45, 7) is 11.6. The van der Waals surface area contributed by atoms with Gasteiger partial charge >= 0.3 is 0 Å². The molecule has 1 atom stereocenters. The third kappa shape index (κ3) is 20.2. The van der Waals surface area contributed by atoms with Crippen LogP contribution in [0.2, 0.25) is 20.1 Å². The molecule has 3 fully saturated rings. The lowest BCUT2D eigenvalue weighted by Gasteiger charge is -2.41. The van der Waals surface area contributed by atoms with Crippen molar-refractivity contribution in [3.8, 4) is 0 Å². The van der Waals surface area contributed by atoms with Crippen molar-refractivity contribution in [1.82, 2.24) is 38.7 Å². The summed E-state index contributed by atoms with van der Waals surface area (Å²) in [7, 11) is -11.3. The van der Waals surface area contributed by atoms with Crippen molar-refractivity contribution in [2.75, 3.05) is 101 Å². The lowest BCUT2D eigenvalue weighted by atomic mass is 10.00. The first-order chi connectivity index (χ1) is 50.3. The van der Waals surface area contributed by atoms with Gasteiger partial charge in [-0.05, 0) is 183 Å². The number of rotatable bonds is 19. The second-order valence-corrected chi connectivity index (χ2v) is 33.7. The van der Waals surface area contributed by atoms with Crippen LogP contribution in [0.5, 0.6) is 0 Å². The topological polar surface area (TPSA) is 303 Å². The lowest BCUT2D eigenvalue weighted by molar-refractivity contribution is -0.132. The van der Waals surface area contributed by atoms with E-state index in [2.05, 4.69) is 63.0 Å². The Hall–Kier alpha value is -8.37. The number of halogens is 4. The van der Waals surface area contributed by atoms with Gasteiger partial charge in [0, 0.05) is 176 Å². The summed E-state index contributed by atoms with van der Waals surface area (Å²) in [5.74, 6) is 0.277. The van der Waals surface area contributed by atoms with Gasteiger partial charge in [-0.1, -0.05) is 59.4 Å². The molecule has 0 spiro atoms. The molecule has 4 aliphatic heterocycles. The maximum Gasteiger partial charge on any atom is 0.263 e. The number of aryl methyl sites for hydroxylation is 2. The molecular weight excluding hydrogens is 1540 g/mol. The van der Waals surface area contributed by atoms with E-state index < -0.39 is 30.1 Å². The van der Waals surface area contributed by atoms with Gasteiger partial charge < -0.3 is 45.0 Å². The van der Waals surface area contributed by atoms with Crippen LogP contribution in [-0.2, 0) is 52.6 Å². The van der Waals surface area contributed by atoms with Gasteiger partial charge in [0.2, 0.25) is 22.1 Å². The molecule has 3 saturated heterocycles. The van der Waals surface area contributed by atoms with Crippen LogP contribution in [0, 0.1) is 0 Å². The van der Waals surface area contributed by atoms with E-state index in [1.165, 1.54) is 41.6 Å². The van der Waals surface area contributed by atoms with Crippen molar-refractivity contribution in [3.05, 3.63) is 189 Å². The number of fused-ring (bicyclic) bond motifs is 2. The minimum atomic E-state index is -3.86. The standard InChI is InChI=1S/C26H33ClN6O3S2.C24H25ClN6O3S2.C20H18Cl2N4O3S2.4H2/c1-3-24(28)29-26(37)30-38(35,36)22-9-7-21(8-10-22)31-13-15-32(16-14-31)25(34)18(2)33-12-4-5-19-17-20(27)6-11-23(19)33;25-18-2-1-17-7-11-31(22(17)15-18)14-10-23(32)28-19-8-12-30(13-9-19)20-3-5-21(6-4-20)36(33,34)29-24-26-16-27-35-24;21-14-1-6-17(18(22)13-14)19(27)26-10-8-25(9-11-26)15-2-4-16(5-3-15)31(28,29)24-20-23-7-12-30-20;;;;/h6-11,17-18H,3-5,12-16H2,1-2H3,(H3,28,29,30,37);1-7,11,15-16,19H,8-10,12-14H2,(H,28,32)(H,26,27,29);1-7,12-13H,8-11H2,(H,23,24);4*1H/t18-;;;;;;/m1....../s1. The number of anilines is 6. The number of aromatic nitrogens is 4. The number of hydrogen-bond acceptors (Lipinski definition) is 19. The normalized spacial score (nSPS) is 15.5. The predicted octanol–water partition coefficient (Wildman–Crippen LogP) is 12.5. The van der Waals surface area contributed by atoms with Crippen molar-refractivity contribution in [2.45, 2.75) is 85.7 Å². The molecule has 0 unspecified atom stereocenters. The Morgan fingerprint density at radius 2 is 1.21 bits per heavy atom. The maximum absolute atomic E-state index is 13.4. The van der Waals surface area contributed by atoms with Crippen molar-refractivity contribution >= 4 is 184 Å². The molecule has 35 heteroatoms. The summed E-state index contributed by atoms with van der Waals surface area (Å²) in [6, 6.07) is 38.4. The van der Waals surface area contributed by atoms with Gasteiger partial charge in [-0.3, -0.25) is 28.5 Å². The van der Waals surface area contributed by atoms with E-state index in [1.54, 1.807) is 96.1 Å². The summed E-state index contributed by atoms with van der Waals surface area (Å²) >= 11 is 31.6. The Balaban J connectivity index is 0.000000224. The summed E-state index contributed by atoms with van der Waals surface area (Å²) in [4.78, 5) is 63.1. The molecular formula is C70H84Cl4N16O9S6. The molecule has 0 saturated carbocycles. The zero-order chi connectivity index (χ0) is 74.6. The first-order valence-electron chi connectivity index (χ1n) is 33.6. The zero-order valence-corrected chi connectivity index (χ0v) is 64.9. The highest BCUT2D eigenvalue weighted by Crippen LogP contribution is 2.33. The van der Waals surface area contributed by atoms with Crippen LogP contribution in [0.25, 0.3) is 10.9 Å². The number of hydrogen-bond donors (Lipinski definition) is 5. The monoisotopic (exact) mass is 1620 g/mol. The zero-order valence-electron chi connectivity index (χ0n) is 57.0. The number of aliphatic imine (C=N–C) groups is 1. The molecule has 4 aliphatic rings. The third-order valence-electron chi connectivity index (χ3n) is 18.1. The quantitative estimate of drug-likeness (QED) is 0.0285. The van der Waals surface area contributed by atoms with Crippen molar-refractivity contribution in [2.24, 2.45) is 10.7 Å². The number of amidine groups is 1. The molecule has 6 N–H and O–H groups in total. The van der Waals surface area contributed by atoms with E-state index in [4.69, 9.17) is 64.4 Å². The molecule has 0 radical (unpaired) electrons. The number of nitrogens with two attached hydrogens (primary N) is 1. The van der Waals surface area contributed by atoms with Crippen LogP contribution in [0.3, 0.4) is 0 Å². The predicted molar refractivity (Wildman–Crippen MR) is 431 cm³/mol. The smallest absolute Gasteiger partial charge is 0.263 e. The first kappa shape index (κ1) is 77.7. The van der Waals surface area contributed by atoms with E-state index in [0.717, 1.165) is 95.5 Å². The van der Waals surface area contributed by atoms with Gasteiger partial charge in [-0.15, -0.1) is 11.3 Å². The summed E-state index contributed by atoms with van der Waals surface area (Å²) in [6.07, 6.45) is 9.30. The van der Waals surface area contributed by atoms with E-state index in [-0.39, 0.29) is 66.3 Å². The number of amides is 3. The second kappa shape index (κ2) is 34.9. The van der Waals surface area contributed by atoms with Crippen LogP contribution in [0.15, 0.2) is 177 Å². The fourth-order valence-electron chi connectivity index (χ4n) is 12.5. The van der Waals surface area contributed by atoms with Gasteiger partial charge in [0.15, 0.2) is 5.13 Å².